The van der Waals surface area contributed by atoms with E-state index in [-0.39, 0.29) is 26.3 Å². The molecule has 2 saturated heterocycles. The number of carbonyl (C=O) groups is 4. The van der Waals surface area contributed by atoms with Crippen molar-refractivity contribution in [1.29, 1.82) is 0 Å². The maximum Gasteiger partial charge on any atom is 0.324 e. The highest BCUT2D eigenvalue weighted by Crippen LogP contribution is 2.65. The number of aliphatic hydroxyl groups is 2. The molecule has 5 aromatic rings. The Morgan fingerprint density at radius 1 is 0.850 bits per heavy atom. The van der Waals surface area contributed by atoms with Crippen molar-refractivity contribution in [3.05, 3.63) is 167 Å². The van der Waals surface area contributed by atoms with Gasteiger partial charge in [-0.1, -0.05) is 115 Å². The van der Waals surface area contributed by atoms with Gasteiger partial charge in [-0.05, 0) is 58.1 Å². The summed E-state index contributed by atoms with van der Waals surface area (Å²) in [7, 11) is 0. The number of nitrogens with zero attached hydrogens (tertiary/aromatic N) is 1. The fraction of sp³-hybridized carbons (Fsp3) is 0.234. The number of ether oxygens (including phenoxy) is 2. The van der Waals surface area contributed by atoms with Gasteiger partial charge in [0.1, 0.15) is 29.9 Å². The van der Waals surface area contributed by atoms with Crippen molar-refractivity contribution < 1.29 is 38.9 Å². The number of fused-ring (bicyclic) bond motifs is 3. The van der Waals surface area contributed by atoms with Crippen LogP contribution in [0.2, 0.25) is 0 Å². The molecule has 13 heteroatoms. The number of hydrogen-bond donors (Lipinski definition) is 6. The van der Waals surface area contributed by atoms with E-state index in [0.29, 0.717) is 39.3 Å². The molecule has 5 aromatic carbocycles. The Morgan fingerprint density at radius 3 is 2.23 bits per heavy atom. The van der Waals surface area contributed by atoms with Crippen molar-refractivity contribution in [2.24, 2.45) is 11.7 Å². The van der Waals surface area contributed by atoms with E-state index in [0.717, 1.165) is 5.56 Å². The molecule has 4 amide bonds. The zero-order valence-electron chi connectivity index (χ0n) is 32.4. The lowest BCUT2D eigenvalue weighted by molar-refractivity contribution is -0.178. The fourth-order valence-corrected chi connectivity index (χ4v) is 8.99. The van der Waals surface area contributed by atoms with E-state index in [1.54, 1.807) is 60.7 Å². The third kappa shape index (κ3) is 7.32. The fourth-order valence-electron chi connectivity index (χ4n) is 8.99. The lowest BCUT2D eigenvalue weighted by Gasteiger charge is -2.46. The Bertz CT molecular complexity index is 2460. The zero-order chi connectivity index (χ0) is 41.8. The molecule has 304 valence electrons. The smallest absolute Gasteiger partial charge is 0.324 e. The number of anilines is 1. The number of amides is 4. The first-order valence-corrected chi connectivity index (χ1v) is 19.6. The number of nitrogens with two attached hydrogens (primary N) is 1. The van der Waals surface area contributed by atoms with Crippen molar-refractivity contribution >= 4 is 29.5 Å². The Morgan fingerprint density at radius 2 is 1.53 bits per heavy atom. The van der Waals surface area contributed by atoms with E-state index in [1.807, 2.05) is 77.7 Å². The van der Waals surface area contributed by atoms with Gasteiger partial charge < -0.3 is 41.4 Å². The second-order valence-corrected chi connectivity index (χ2v) is 14.8. The number of hydrogen-bond acceptors (Lipinski definition) is 9. The van der Waals surface area contributed by atoms with Gasteiger partial charge in [0.2, 0.25) is 11.8 Å². The van der Waals surface area contributed by atoms with E-state index >= 15 is 14.4 Å². The van der Waals surface area contributed by atoms with Gasteiger partial charge in [-0.15, -0.1) is 0 Å². The summed E-state index contributed by atoms with van der Waals surface area (Å²) in [6.07, 6.45) is -1.97. The summed E-state index contributed by atoms with van der Waals surface area (Å²) in [5, 5.41) is 29.3. The Balaban J connectivity index is 1.38. The van der Waals surface area contributed by atoms with Crippen molar-refractivity contribution in [2.45, 2.75) is 35.7 Å². The number of cyclic esters (lactones) is 1. The van der Waals surface area contributed by atoms with Gasteiger partial charge in [-0.25, -0.2) is 4.79 Å². The van der Waals surface area contributed by atoms with Crippen LogP contribution < -0.4 is 26.4 Å². The molecule has 3 aliphatic rings. The molecule has 7 atom stereocenters. The van der Waals surface area contributed by atoms with E-state index in [4.69, 9.17) is 15.2 Å². The molecule has 0 aromatic heterocycles. The van der Waals surface area contributed by atoms with Gasteiger partial charge in [0.05, 0.1) is 37.3 Å². The lowest BCUT2D eigenvalue weighted by atomic mass is 9.65. The normalized spacial score (nSPS) is 23.3. The molecule has 3 aliphatic heterocycles. The molecule has 7 N–H and O–H groups in total. The molecular formula is C47H43N5O8. The van der Waals surface area contributed by atoms with Crippen LogP contribution in [0, 0.1) is 17.8 Å². The second-order valence-electron chi connectivity index (χ2n) is 14.8. The molecular weight excluding hydrogens is 763 g/mol. The summed E-state index contributed by atoms with van der Waals surface area (Å²) >= 11 is 0. The van der Waals surface area contributed by atoms with E-state index < -0.39 is 65.5 Å². The predicted octanol–water partition coefficient (Wildman–Crippen LogP) is 4.20. The first-order chi connectivity index (χ1) is 29.2. The zero-order valence-corrected chi connectivity index (χ0v) is 32.4. The van der Waals surface area contributed by atoms with Gasteiger partial charge in [-0.2, -0.15) is 0 Å². The maximum absolute atomic E-state index is 15.4. The van der Waals surface area contributed by atoms with Crippen molar-refractivity contribution in [3.8, 4) is 17.6 Å². The van der Waals surface area contributed by atoms with Crippen LogP contribution in [0.4, 0.5) is 10.5 Å². The number of morpholine rings is 1. The minimum atomic E-state index is -1.82. The highest BCUT2D eigenvalue weighted by Gasteiger charge is 2.74. The third-order valence-corrected chi connectivity index (χ3v) is 11.4. The summed E-state index contributed by atoms with van der Waals surface area (Å²) in [5.74, 6) is 3.01. The molecule has 60 heavy (non-hydrogen) atoms. The summed E-state index contributed by atoms with van der Waals surface area (Å²) in [5.41, 5.74) is 7.37. The number of aliphatic hydroxyl groups excluding tert-OH is 2. The summed E-state index contributed by atoms with van der Waals surface area (Å²) < 4.78 is 12.4. The summed E-state index contributed by atoms with van der Waals surface area (Å²) in [4.78, 5) is 59.0. The highest BCUT2D eigenvalue weighted by atomic mass is 16.6. The predicted molar refractivity (Wildman–Crippen MR) is 221 cm³/mol. The average molecular weight is 806 g/mol. The summed E-state index contributed by atoms with van der Waals surface area (Å²) in [6, 6.07) is 36.2. The quantitative estimate of drug-likeness (QED) is 0.0839. The largest absolute Gasteiger partial charge is 0.491 e. The summed E-state index contributed by atoms with van der Waals surface area (Å²) in [6.45, 7) is -0.481. The Kier molecular flexibility index (Phi) is 11.3. The van der Waals surface area contributed by atoms with Gasteiger partial charge in [-0.3, -0.25) is 19.3 Å². The number of rotatable bonds is 11. The van der Waals surface area contributed by atoms with Crippen LogP contribution >= 0.6 is 0 Å². The molecule has 0 aliphatic carbocycles. The topological polar surface area (TPSA) is 193 Å². The van der Waals surface area contributed by atoms with Crippen molar-refractivity contribution in [1.82, 2.24) is 15.5 Å². The van der Waals surface area contributed by atoms with Crippen LogP contribution in [-0.2, 0) is 24.5 Å². The van der Waals surface area contributed by atoms with Gasteiger partial charge >= 0.3 is 12.0 Å². The Hall–Kier alpha value is -6.98. The molecule has 2 fully saturated rings. The van der Waals surface area contributed by atoms with Crippen LogP contribution in [0.15, 0.2) is 133 Å². The SMILES string of the molecule is NC(=O)NCC#Cc1ccc2c(c1)[C@]1(C(=O)N2)[C@H](c2cccc(OCCO)c2)N2[C@H](c3ccccc3)[C@H](c3ccccc3)OC(=O)[C@H]2[C@@H]1C(=O)NC[C@H](O)c1ccccc1. The average Bonchev–Trinajstić information content (AvgIpc) is 3.75. The van der Waals surface area contributed by atoms with Crippen LogP contribution in [0.3, 0.4) is 0 Å². The molecule has 8 rings (SSSR count). The minimum Gasteiger partial charge on any atom is -0.491 e. The van der Waals surface area contributed by atoms with Crippen LogP contribution in [0.1, 0.15) is 57.7 Å². The van der Waals surface area contributed by atoms with Gasteiger partial charge in [0.15, 0.2) is 0 Å². The first-order valence-electron chi connectivity index (χ1n) is 19.6. The van der Waals surface area contributed by atoms with Crippen LogP contribution in [0.5, 0.6) is 5.75 Å². The monoisotopic (exact) mass is 805 g/mol. The lowest BCUT2D eigenvalue weighted by Crippen LogP contribution is -2.55. The van der Waals surface area contributed by atoms with E-state index in [1.165, 1.54) is 0 Å². The first kappa shape index (κ1) is 39.8. The molecule has 0 bridgehead atoms. The minimum absolute atomic E-state index is 0.00534. The number of urea groups is 1. The molecule has 13 nitrogen and oxygen atoms in total. The molecule has 0 saturated carbocycles. The Labute approximate surface area is 346 Å². The molecule has 0 unspecified atom stereocenters. The third-order valence-electron chi connectivity index (χ3n) is 11.4. The number of carbonyl (C=O) groups excluding carboxylic acids is 4. The highest BCUT2D eigenvalue weighted by molar-refractivity contribution is 6.12. The van der Waals surface area contributed by atoms with E-state index in [9.17, 15) is 15.0 Å². The van der Waals surface area contributed by atoms with E-state index in [2.05, 4.69) is 27.8 Å². The second kappa shape index (κ2) is 17.1. The van der Waals surface area contributed by atoms with Gasteiger partial charge in [0, 0.05) is 17.8 Å². The number of esters is 1. The van der Waals surface area contributed by atoms with Crippen LogP contribution in [0.25, 0.3) is 0 Å². The number of nitrogens with one attached hydrogen (secondary N) is 3. The number of primary amides is 1. The van der Waals surface area contributed by atoms with Crippen LogP contribution in [-0.4, -0.2) is 71.3 Å². The van der Waals surface area contributed by atoms with Crippen molar-refractivity contribution in [2.75, 3.05) is 31.6 Å². The molecule has 3 heterocycles. The van der Waals surface area contributed by atoms with Crippen molar-refractivity contribution in [3.63, 3.8) is 0 Å². The van der Waals surface area contributed by atoms with Gasteiger partial charge in [0.25, 0.3) is 0 Å². The molecule has 1 spiro atoms. The number of benzene rings is 5. The standard InChI is InChI=1S/C47H43N5O8/c48-46(58)49-23-11-12-29-21-22-36-35(26-29)47(45(57)51-36)38(43(55)50-28-37(54)30-13-4-1-5-14-30)40-44(56)60-41(32-17-8-3-9-18-32)39(31-15-6-2-7-16-31)52(40)42(47)33-19-10-20-34(27-33)59-25-24-53/h1-10,13-22,26-27,37-42,53-54H,23-25,28H2,(H,50,55)(H,51,57)(H3,48,49,58)/t37-,38+,39+,40+,41-,42-,47+/m0/s1. The molecule has 0 radical (unpaired) electrons. The maximum atomic E-state index is 15.4.